The van der Waals surface area contributed by atoms with Crippen LogP contribution in [-0.4, -0.2) is 16.8 Å². The van der Waals surface area contributed by atoms with Crippen LogP contribution in [0.5, 0.6) is 0 Å². The highest BCUT2D eigenvalue weighted by Gasteiger charge is 2.19. The first-order chi connectivity index (χ1) is 13.2. The second kappa shape index (κ2) is 7.92. The molecule has 0 atom stereocenters. The number of benzene rings is 2. The molecule has 11 heteroatoms. The third kappa shape index (κ3) is 4.71. The third-order valence-corrected chi connectivity index (χ3v) is 6.68. The Morgan fingerprint density at radius 1 is 0.929 bits per heavy atom. The summed E-state index contributed by atoms with van der Waals surface area (Å²) in [6, 6.07) is 11.4. The van der Waals surface area contributed by atoms with E-state index in [4.69, 9.17) is 16.0 Å². The summed E-state index contributed by atoms with van der Waals surface area (Å²) >= 11 is 5.62. The van der Waals surface area contributed by atoms with Gasteiger partial charge in [-0.1, -0.05) is 17.7 Å². The lowest BCUT2D eigenvalue weighted by Gasteiger charge is -2.11. The largest absolute Gasteiger partial charge is 0.468 e. The molecule has 0 aliphatic rings. The number of sulfonamides is 2. The fourth-order valence-electron chi connectivity index (χ4n) is 2.25. The van der Waals surface area contributed by atoms with E-state index in [0.29, 0.717) is 5.76 Å². The molecule has 0 fully saturated rings. The van der Waals surface area contributed by atoms with Gasteiger partial charge in [0.25, 0.3) is 10.0 Å². The first-order valence-corrected chi connectivity index (χ1v) is 11.1. The van der Waals surface area contributed by atoms with Crippen molar-refractivity contribution >= 4 is 37.3 Å². The molecule has 1 heterocycles. The van der Waals surface area contributed by atoms with Crippen LogP contribution in [0.3, 0.4) is 0 Å². The quantitative estimate of drug-likeness (QED) is 0.581. The van der Waals surface area contributed by atoms with Crippen LogP contribution in [0.1, 0.15) is 5.76 Å². The minimum Gasteiger partial charge on any atom is -0.468 e. The van der Waals surface area contributed by atoms with Gasteiger partial charge < -0.3 is 4.42 Å². The average Bonchev–Trinajstić information content (AvgIpc) is 3.16. The van der Waals surface area contributed by atoms with Crippen LogP contribution in [0.15, 0.2) is 75.1 Å². The van der Waals surface area contributed by atoms with E-state index >= 15 is 0 Å². The number of hydrogen-bond acceptors (Lipinski definition) is 5. The molecule has 0 unspecified atom stereocenters. The van der Waals surface area contributed by atoms with Crippen molar-refractivity contribution in [3.63, 3.8) is 0 Å². The fraction of sp³-hybridized carbons (Fsp3) is 0.0588. The van der Waals surface area contributed by atoms with E-state index in [1.165, 1.54) is 24.5 Å². The number of rotatable bonds is 7. The summed E-state index contributed by atoms with van der Waals surface area (Å²) in [7, 11) is -8.00. The summed E-state index contributed by atoms with van der Waals surface area (Å²) in [5.41, 5.74) is 0.0151. The van der Waals surface area contributed by atoms with Gasteiger partial charge in [-0.2, -0.15) is 0 Å². The molecular formula is C17H14ClFN2O5S2. The van der Waals surface area contributed by atoms with Gasteiger partial charge in [-0.15, -0.1) is 0 Å². The third-order valence-electron chi connectivity index (χ3n) is 3.61. The Balaban J connectivity index is 1.81. The Bertz CT molecular complexity index is 1200. The van der Waals surface area contributed by atoms with Gasteiger partial charge in [-0.05, 0) is 48.5 Å². The maximum Gasteiger partial charge on any atom is 0.261 e. The second-order valence-corrected chi connectivity index (χ2v) is 9.47. The van der Waals surface area contributed by atoms with Gasteiger partial charge in [0.15, 0.2) is 0 Å². The molecule has 0 amide bonds. The summed E-state index contributed by atoms with van der Waals surface area (Å²) in [6.45, 7) is -0.0562. The predicted octanol–water partition coefficient (Wildman–Crippen LogP) is 3.35. The normalized spacial score (nSPS) is 12.1. The van der Waals surface area contributed by atoms with Gasteiger partial charge in [-0.25, -0.2) is 25.9 Å². The summed E-state index contributed by atoms with van der Waals surface area (Å²) in [5.74, 6) is -0.329. The van der Waals surface area contributed by atoms with Gasteiger partial charge in [0.2, 0.25) is 10.0 Å². The van der Waals surface area contributed by atoms with Crippen molar-refractivity contribution in [3.05, 3.63) is 77.5 Å². The Hall–Kier alpha value is -2.40. The van der Waals surface area contributed by atoms with Crippen molar-refractivity contribution in [1.82, 2.24) is 4.72 Å². The van der Waals surface area contributed by atoms with E-state index < -0.39 is 25.9 Å². The van der Waals surface area contributed by atoms with Crippen LogP contribution >= 0.6 is 11.6 Å². The highest BCUT2D eigenvalue weighted by Crippen LogP contribution is 2.23. The van der Waals surface area contributed by atoms with Crippen LogP contribution in [-0.2, 0) is 26.6 Å². The molecule has 0 saturated heterocycles. The Kier molecular flexibility index (Phi) is 5.75. The van der Waals surface area contributed by atoms with Crippen LogP contribution in [0.4, 0.5) is 10.1 Å². The molecule has 0 aliphatic heterocycles. The molecule has 28 heavy (non-hydrogen) atoms. The molecule has 0 radical (unpaired) electrons. The Morgan fingerprint density at radius 2 is 1.68 bits per heavy atom. The van der Waals surface area contributed by atoms with E-state index in [1.807, 2.05) is 0 Å². The van der Waals surface area contributed by atoms with E-state index in [1.54, 1.807) is 12.1 Å². The maximum atomic E-state index is 13.2. The molecule has 7 nitrogen and oxygen atoms in total. The molecule has 0 aliphatic carbocycles. The van der Waals surface area contributed by atoms with E-state index in [0.717, 1.165) is 24.3 Å². The van der Waals surface area contributed by atoms with Gasteiger partial charge in [0.05, 0.1) is 33.3 Å². The SMILES string of the molecule is O=S(=O)(NCc1ccco1)c1cccc(NS(=O)(=O)c2ccc(F)c(Cl)c2)c1. The second-order valence-electron chi connectivity index (χ2n) is 5.61. The van der Waals surface area contributed by atoms with Crippen LogP contribution in [0.2, 0.25) is 5.02 Å². The number of hydrogen-bond donors (Lipinski definition) is 2. The smallest absolute Gasteiger partial charge is 0.261 e. The molecular weight excluding hydrogens is 431 g/mol. The minimum absolute atomic E-state index is 0.0151. The van der Waals surface area contributed by atoms with Crippen LogP contribution < -0.4 is 9.44 Å². The Labute approximate surface area is 166 Å². The fourth-order valence-corrected chi connectivity index (χ4v) is 4.61. The minimum atomic E-state index is -4.09. The highest BCUT2D eigenvalue weighted by atomic mass is 35.5. The molecule has 2 aromatic carbocycles. The zero-order chi connectivity index (χ0) is 20.4. The predicted molar refractivity (Wildman–Crippen MR) is 101 cm³/mol. The summed E-state index contributed by atoms with van der Waals surface area (Å²) in [4.78, 5) is -0.403. The van der Waals surface area contributed by atoms with Gasteiger partial charge >= 0.3 is 0 Å². The van der Waals surface area contributed by atoms with Crippen molar-refractivity contribution in [2.45, 2.75) is 16.3 Å². The van der Waals surface area contributed by atoms with Gasteiger partial charge in [-0.3, -0.25) is 4.72 Å². The topological polar surface area (TPSA) is 105 Å². The Morgan fingerprint density at radius 3 is 2.36 bits per heavy atom. The molecule has 0 bridgehead atoms. The monoisotopic (exact) mass is 444 g/mol. The molecule has 1 aromatic heterocycles. The molecule has 3 aromatic rings. The molecule has 2 N–H and O–H groups in total. The number of furan rings is 1. The lowest BCUT2D eigenvalue weighted by molar-refractivity contribution is 0.498. The van der Waals surface area contributed by atoms with Crippen LogP contribution in [0, 0.1) is 5.82 Å². The number of nitrogens with one attached hydrogen (secondary N) is 2. The summed E-state index contributed by atoms with van der Waals surface area (Å²) in [5, 5.41) is -0.346. The summed E-state index contributed by atoms with van der Waals surface area (Å²) in [6.07, 6.45) is 1.42. The van der Waals surface area contributed by atoms with Crippen molar-refractivity contribution in [2.24, 2.45) is 0 Å². The van der Waals surface area contributed by atoms with Crippen LogP contribution in [0.25, 0.3) is 0 Å². The number of anilines is 1. The van der Waals surface area contributed by atoms with Gasteiger partial charge in [0.1, 0.15) is 11.6 Å². The average molecular weight is 445 g/mol. The lowest BCUT2D eigenvalue weighted by Crippen LogP contribution is -2.23. The lowest BCUT2D eigenvalue weighted by atomic mass is 10.3. The zero-order valence-electron chi connectivity index (χ0n) is 14.1. The van der Waals surface area contributed by atoms with E-state index in [-0.39, 0.29) is 27.0 Å². The zero-order valence-corrected chi connectivity index (χ0v) is 16.5. The first kappa shape index (κ1) is 20.3. The number of halogens is 2. The van der Waals surface area contributed by atoms with E-state index in [2.05, 4.69) is 9.44 Å². The van der Waals surface area contributed by atoms with Crippen molar-refractivity contribution < 1.29 is 25.6 Å². The molecule has 148 valence electrons. The standard InChI is InChI=1S/C17H14ClFN2O5S2/c18-16-10-15(6-7-17(16)19)28(24,25)21-12-3-1-5-14(9-12)27(22,23)20-11-13-4-2-8-26-13/h1-10,20-21H,11H2. The van der Waals surface area contributed by atoms with Crippen molar-refractivity contribution in [2.75, 3.05) is 4.72 Å². The molecule has 3 rings (SSSR count). The molecule has 0 spiro atoms. The van der Waals surface area contributed by atoms with Crippen molar-refractivity contribution in [1.29, 1.82) is 0 Å². The van der Waals surface area contributed by atoms with Gasteiger partial charge in [0, 0.05) is 0 Å². The van der Waals surface area contributed by atoms with E-state index in [9.17, 15) is 21.2 Å². The first-order valence-electron chi connectivity index (χ1n) is 7.77. The maximum absolute atomic E-state index is 13.2. The van der Waals surface area contributed by atoms with Crippen molar-refractivity contribution in [3.8, 4) is 0 Å². The summed E-state index contributed by atoms with van der Waals surface area (Å²) < 4.78 is 72.6. The molecule has 0 saturated carbocycles. The highest BCUT2D eigenvalue weighted by molar-refractivity contribution is 7.92.